The smallest absolute Gasteiger partial charge is 0.303 e. The number of likely N-dealkylation sites (tertiary alicyclic amines) is 1. The highest BCUT2D eigenvalue weighted by Crippen LogP contribution is 2.39. The highest BCUT2D eigenvalue weighted by atomic mass is 35.5. The van der Waals surface area contributed by atoms with Crippen molar-refractivity contribution in [2.24, 2.45) is 5.41 Å². The Hall–Kier alpha value is -3.97. The molecule has 4 amide bonds. The summed E-state index contributed by atoms with van der Waals surface area (Å²) in [6, 6.07) is 3.67. The number of Topliss-reactive ketones (excluding diaryl/α,β-unsaturated/α-hetero) is 1. The van der Waals surface area contributed by atoms with Crippen molar-refractivity contribution < 1.29 is 38.7 Å². The molecule has 1 spiro atoms. The monoisotopic (exact) mass is 659 g/mol. The number of carbonyl (C=O) groups excluding carboxylic acids is 5. The fourth-order valence-electron chi connectivity index (χ4n) is 5.56. The van der Waals surface area contributed by atoms with Crippen molar-refractivity contribution in [2.75, 3.05) is 6.54 Å². The molecule has 46 heavy (non-hydrogen) atoms. The van der Waals surface area contributed by atoms with E-state index in [1.165, 1.54) is 4.90 Å². The first-order valence-corrected chi connectivity index (χ1v) is 15.9. The molecule has 0 radical (unpaired) electrons. The van der Waals surface area contributed by atoms with Crippen molar-refractivity contribution in [3.63, 3.8) is 0 Å². The van der Waals surface area contributed by atoms with Crippen LogP contribution in [0.25, 0.3) is 5.70 Å². The molecule has 14 heteroatoms. The first-order valence-electron chi connectivity index (χ1n) is 15.5. The summed E-state index contributed by atoms with van der Waals surface area (Å²) in [6.45, 7) is 6.98. The van der Waals surface area contributed by atoms with E-state index >= 15 is 0 Å². The summed E-state index contributed by atoms with van der Waals surface area (Å²) >= 11 is 6.19. The second-order valence-electron chi connectivity index (χ2n) is 13.2. The molecule has 4 rings (SSSR count). The predicted octanol–water partition coefficient (Wildman–Crippen LogP) is 2.08. The number of amides is 4. The fourth-order valence-corrected chi connectivity index (χ4v) is 5.75. The normalized spacial score (nSPS) is 22.0. The minimum Gasteiger partial charge on any atom is -0.481 e. The van der Waals surface area contributed by atoms with E-state index in [0.717, 1.165) is 18.4 Å². The number of benzene rings is 1. The van der Waals surface area contributed by atoms with Crippen molar-refractivity contribution in [3.8, 4) is 0 Å². The summed E-state index contributed by atoms with van der Waals surface area (Å²) in [5.41, 5.74) is 2.22. The van der Waals surface area contributed by atoms with E-state index in [0.29, 0.717) is 17.1 Å². The first-order chi connectivity index (χ1) is 21.6. The number of carboxylic acids is 1. The quantitative estimate of drug-likeness (QED) is 0.198. The van der Waals surface area contributed by atoms with Crippen LogP contribution in [0.2, 0.25) is 5.02 Å². The standard InChI is InChI=1S/C32H42ClN5O8/c1-5-7-21(26(42)29(44)34-20-10-11-20)35-28(43)23-16-32(15-22(37-46-32)18-8-6-9-19(33)14-18)17-38(23)30(45)27(31(2,3)4)36-24(39)12-13-25(40)41/h6,8-9,14-15,20-21,23,27,37H,5,7,10-13,16-17H2,1-4H3,(H,34,44)(H,35,43)(H,36,39)(H,40,41)/t21-,23-,27+,32+/m0/s1. The molecule has 1 aromatic rings. The number of hydrogen-bond acceptors (Lipinski definition) is 8. The van der Waals surface area contributed by atoms with Gasteiger partial charge in [0.1, 0.15) is 17.7 Å². The van der Waals surface area contributed by atoms with E-state index in [1.54, 1.807) is 45.0 Å². The van der Waals surface area contributed by atoms with Crippen LogP contribution in [0.5, 0.6) is 0 Å². The van der Waals surface area contributed by atoms with Crippen molar-refractivity contribution in [2.45, 2.75) is 102 Å². The number of ketones is 1. The number of aliphatic carboxylic acids is 1. The minimum absolute atomic E-state index is 0.00671. The van der Waals surface area contributed by atoms with Crippen molar-refractivity contribution >= 4 is 52.7 Å². The maximum atomic E-state index is 14.3. The zero-order valence-corrected chi connectivity index (χ0v) is 27.2. The van der Waals surface area contributed by atoms with Crippen molar-refractivity contribution in [1.82, 2.24) is 26.3 Å². The lowest BCUT2D eigenvalue weighted by molar-refractivity contribution is -0.145. The Morgan fingerprint density at radius 2 is 1.85 bits per heavy atom. The number of nitrogens with zero attached hydrogens (tertiary/aromatic N) is 1. The Bertz CT molecular complexity index is 1420. The molecule has 4 atom stereocenters. The number of hydroxylamine groups is 1. The van der Waals surface area contributed by atoms with E-state index in [4.69, 9.17) is 21.5 Å². The van der Waals surface area contributed by atoms with Gasteiger partial charge in [-0.25, -0.2) is 0 Å². The van der Waals surface area contributed by atoms with Gasteiger partial charge in [-0.3, -0.25) is 39.1 Å². The molecule has 0 aromatic heterocycles. The van der Waals surface area contributed by atoms with Gasteiger partial charge in [0.15, 0.2) is 0 Å². The van der Waals surface area contributed by atoms with E-state index in [-0.39, 0.29) is 31.8 Å². The number of halogens is 1. The maximum absolute atomic E-state index is 14.3. The summed E-state index contributed by atoms with van der Waals surface area (Å²) in [6.07, 6.45) is 3.37. The lowest BCUT2D eigenvalue weighted by Crippen LogP contribution is -2.59. The van der Waals surface area contributed by atoms with Gasteiger partial charge >= 0.3 is 5.97 Å². The molecule has 1 saturated heterocycles. The molecule has 2 aliphatic heterocycles. The summed E-state index contributed by atoms with van der Waals surface area (Å²) in [4.78, 5) is 85.0. The number of nitrogens with one attached hydrogen (secondary N) is 4. The molecule has 0 bridgehead atoms. The molecule has 5 N–H and O–H groups in total. The van der Waals surface area contributed by atoms with Crippen LogP contribution in [0.3, 0.4) is 0 Å². The first kappa shape index (κ1) is 34.9. The third-order valence-corrected chi connectivity index (χ3v) is 8.41. The van der Waals surface area contributed by atoms with E-state index < -0.39 is 70.9 Å². The van der Waals surface area contributed by atoms with Gasteiger partial charge in [0, 0.05) is 29.5 Å². The molecule has 0 unspecified atom stereocenters. The number of rotatable bonds is 13. The summed E-state index contributed by atoms with van der Waals surface area (Å²) in [5, 5.41) is 17.6. The average molecular weight is 660 g/mol. The van der Waals surface area contributed by atoms with Crippen LogP contribution in [0.4, 0.5) is 0 Å². The Morgan fingerprint density at radius 1 is 1.13 bits per heavy atom. The number of carboxylic acid groups (broad SMARTS) is 1. The summed E-state index contributed by atoms with van der Waals surface area (Å²) in [7, 11) is 0. The molecule has 2 heterocycles. The number of carbonyl (C=O) groups is 6. The summed E-state index contributed by atoms with van der Waals surface area (Å²) in [5.74, 6) is -4.51. The Balaban J connectivity index is 1.63. The van der Waals surface area contributed by atoms with Gasteiger partial charge < -0.3 is 26.0 Å². The van der Waals surface area contributed by atoms with Gasteiger partial charge in [-0.1, -0.05) is 57.8 Å². The lowest BCUT2D eigenvalue weighted by atomic mass is 9.85. The van der Waals surface area contributed by atoms with Gasteiger partial charge in [0.25, 0.3) is 5.91 Å². The molecule has 1 aliphatic carbocycles. The Morgan fingerprint density at radius 3 is 2.46 bits per heavy atom. The molecular weight excluding hydrogens is 618 g/mol. The van der Waals surface area contributed by atoms with Gasteiger partial charge in [0.2, 0.25) is 23.5 Å². The molecular formula is C32H42ClN5O8. The van der Waals surface area contributed by atoms with Crippen LogP contribution in [-0.2, 0) is 33.6 Å². The molecule has 13 nitrogen and oxygen atoms in total. The van der Waals surface area contributed by atoms with E-state index in [1.807, 2.05) is 13.0 Å². The largest absolute Gasteiger partial charge is 0.481 e. The van der Waals surface area contributed by atoms with E-state index in [2.05, 4.69) is 21.4 Å². The van der Waals surface area contributed by atoms with Gasteiger partial charge in [-0.15, -0.1) is 0 Å². The number of hydrogen-bond donors (Lipinski definition) is 5. The topological polar surface area (TPSA) is 183 Å². The molecule has 250 valence electrons. The van der Waals surface area contributed by atoms with Crippen LogP contribution >= 0.6 is 11.6 Å². The van der Waals surface area contributed by atoms with Crippen molar-refractivity contribution in [3.05, 3.63) is 40.9 Å². The SMILES string of the molecule is CCC[C@H](NC(=O)[C@@H]1C[C@]2(C=C(c3cccc(Cl)c3)NO2)CN1C(=O)[C@@H](NC(=O)CCC(=O)O)C(C)(C)C)C(=O)C(=O)NC1CC1. The lowest BCUT2D eigenvalue weighted by Gasteiger charge is -2.35. The summed E-state index contributed by atoms with van der Waals surface area (Å²) < 4.78 is 0. The molecule has 1 saturated carbocycles. The second kappa shape index (κ2) is 14.2. The van der Waals surface area contributed by atoms with Gasteiger partial charge in [-0.2, -0.15) is 0 Å². The third-order valence-electron chi connectivity index (χ3n) is 8.18. The predicted molar refractivity (Wildman–Crippen MR) is 168 cm³/mol. The maximum Gasteiger partial charge on any atom is 0.303 e. The minimum atomic E-state index is -1.15. The fraction of sp³-hybridized carbons (Fsp3) is 0.562. The van der Waals surface area contributed by atoms with Crippen LogP contribution in [0.15, 0.2) is 30.3 Å². The molecule has 1 aromatic carbocycles. The van der Waals surface area contributed by atoms with Crippen LogP contribution in [0.1, 0.15) is 78.2 Å². The zero-order valence-electron chi connectivity index (χ0n) is 26.5. The Labute approximate surface area is 272 Å². The highest BCUT2D eigenvalue weighted by Gasteiger charge is 2.54. The zero-order chi connectivity index (χ0) is 33.8. The Kier molecular flexibility index (Phi) is 10.8. The second-order valence-corrected chi connectivity index (χ2v) is 13.7. The van der Waals surface area contributed by atoms with E-state index in [9.17, 15) is 28.8 Å². The van der Waals surface area contributed by atoms with Gasteiger partial charge in [-0.05, 0) is 42.9 Å². The van der Waals surface area contributed by atoms with Crippen LogP contribution in [-0.4, -0.2) is 81.7 Å². The molecule has 3 aliphatic rings. The highest BCUT2D eigenvalue weighted by molar-refractivity contribution is 6.38. The van der Waals surface area contributed by atoms with Crippen LogP contribution < -0.4 is 21.4 Å². The average Bonchev–Trinajstić information content (AvgIpc) is 3.58. The van der Waals surface area contributed by atoms with Crippen LogP contribution in [0, 0.1) is 5.41 Å². The molecule has 2 fully saturated rings. The third kappa shape index (κ3) is 8.64. The van der Waals surface area contributed by atoms with Crippen molar-refractivity contribution in [1.29, 1.82) is 0 Å². The van der Waals surface area contributed by atoms with Gasteiger partial charge in [0.05, 0.1) is 24.7 Å².